The van der Waals surface area contributed by atoms with Gasteiger partial charge < -0.3 is 10.1 Å². The van der Waals surface area contributed by atoms with Crippen LogP contribution in [0.3, 0.4) is 0 Å². The number of rotatable bonds is 7. The van der Waals surface area contributed by atoms with Gasteiger partial charge in [0.1, 0.15) is 0 Å². The van der Waals surface area contributed by atoms with E-state index in [9.17, 15) is 0 Å². The predicted molar refractivity (Wildman–Crippen MR) is 80.2 cm³/mol. The van der Waals surface area contributed by atoms with E-state index in [0.29, 0.717) is 12.6 Å². The molecule has 4 N–H and O–H groups in total. The highest BCUT2D eigenvalue weighted by Crippen LogP contribution is 2.15. The number of unbranched alkanes of at least 4 members (excludes halogenated alkanes) is 1. The first-order chi connectivity index (χ1) is 9.31. The Morgan fingerprint density at radius 3 is 2.84 bits per heavy atom. The molecular formula is C14H24N4O. The molecule has 0 aliphatic heterocycles. The van der Waals surface area contributed by atoms with Crippen LogP contribution in [0.4, 0.5) is 5.69 Å². The summed E-state index contributed by atoms with van der Waals surface area (Å²) in [7, 11) is 1.70. The van der Waals surface area contributed by atoms with Crippen LogP contribution in [-0.2, 0) is 11.2 Å². The van der Waals surface area contributed by atoms with Crippen molar-refractivity contribution >= 4 is 11.6 Å². The van der Waals surface area contributed by atoms with Crippen molar-refractivity contribution in [2.24, 2.45) is 10.8 Å². The second kappa shape index (κ2) is 9.35. The van der Waals surface area contributed by atoms with Gasteiger partial charge >= 0.3 is 0 Å². The lowest BCUT2D eigenvalue weighted by molar-refractivity contribution is 0.202. The smallest absolute Gasteiger partial charge is 0.210 e. The minimum absolute atomic E-state index is 0.596. The van der Waals surface area contributed by atoms with Gasteiger partial charge in [-0.15, -0.1) is 0 Å². The van der Waals surface area contributed by atoms with E-state index in [0.717, 1.165) is 31.5 Å². The van der Waals surface area contributed by atoms with Crippen molar-refractivity contribution < 1.29 is 4.74 Å². The van der Waals surface area contributed by atoms with Gasteiger partial charge in [-0.3, -0.25) is 10.4 Å². The fraction of sp³-hybridized carbons (Fsp3) is 0.500. The number of nitrogens with two attached hydrogens (primary N) is 1. The van der Waals surface area contributed by atoms with Crippen molar-refractivity contribution in [3.05, 3.63) is 29.8 Å². The molecule has 0 aromatic heterocycles. The second-order valence-corrected chi connectivity index (χ2v) is 4.25. The molecule has 1 aromatic rings. The third-order valence-corrected chi connectivity index (χ3v) is 2.76. The maximum Gasteiger partial charge on any atom is 0.210 e. The molecular weight excluding hydrogens is 240 g/mol. The standard InChI is InChI=1S/C14H24N4O/c1-3-4-10-16-14(18-15)17-13-8-6-5-7-12(13)9-11-19-2/h5-8H,3-4,9-11,15H2,1-2H3,(H2,16,17,18). The van der Waals surface area contributed by atoms with E-state index < -0.39 is 0 Å². The van der Waals surface area contributed by atoms with Crippen LogP contribution >= 0.6 is 0 Å². The van der Waals surface area contributed by atoms with Crippen LogP contribution in [0.5, 0.6) is 0 Å². The molecule has 0 spiro atoms. The molecule has 1 rings (SSSR count). The molecule has 0 unspecified atom stereocenters. The van der Waals surface area contributed by atoms with Gasteiger partial charge in [0.25, 0.3) is 0 Å². The van der Waals surface area contributed by atoms with E-state index in [1.165, 1.54) is 5.56 Å². The molecule has 1 aromatic carbocycles. The topological polar surface area (TPSA) is 71.7 Å². The maximum absolute atomic E-state index is 5.49. The lowest BCUT2D eigenvalue weighted by Gasteiger charge is -2.13. The Morgan fingerprint density at radius 2 is 2.16 bits per heavy atom. The Bertz CT molecular complexity index is 393. The summed E-state index contributed by atoms with van der Waals surface area (Å²) in [5, 5.41) is 3.22. The third-order valence-electron chi connectivity index (χ3n) is 2.76. The maximum atomic E-state index is 5.49. The molecule has 0 saturated carbocycles. The Hall–Kier alpha value is -1.59. The van der Waals surface area contributed by atoms with Crippen LogP contribution in [0.2, 0.25) is 0 Å². The van der Waals surface area contributed by atoms with Crippen LogP contribution in [-0.4, -0.2) is 26.2 Å². The van der Waals surface area contributed by atoms with Gasteiger partial charge in [0.15, 0.2) is 0 Å². The van der Waals surface area contributed by atoms with Crippen molar-refractivity contribution in [3.8, 4) is 0 Å². The number of anilines is 1. The summed E-state index contributed by atoms with van der Waals surface area (Å²) in [6, 6.07) is 8.08. The number of hydrogen-bond donors (Lipinski definition) is 3. The van der Waals surface area contributed by atoms with E-state index in [4.69, 9.17) is 10.6 Å². The Morgan fingerprint density at radius 1 is 1.37 bits per heavy atom. The van der Waals surface area contributed by atoms with E-state index in [2.05, 4.69) is 28.7 Å². The van der Waals surface area contributed by atoms with E-state index in [1.54, 1.807) is 7.11 Å². The molecule has 5 nitrogen and oxygen atoms in total. The molecule has 0 saturated heterocycles. The highest BCUT2D eigenvalue weighted by Gasteiger charge is 2.03. The Kier molecular flexibility index (Phi) is 7.62. The summed E-state index contributed by atoms with van der Waals surface area (Å²) in [6.45, 7) is 3.60. The fourth-order valence-corrected chi connectivity index (χ4v) is 1.67. The number of hydrogen-bond acceptors (Lipinski definition) is 3. The van der Waals surface area contributed by atoms with Crippen molar-refractivity contribution in [3.63, 3.8) is 0 Å². The summed E-state index contributed by atoms with van der Waals surface area (Å²) in [5.74, 6) is 6.08. The fourth-order valence-electron chi connectivity index (χ4n) is 1.67. The SMILES string of the molecule is CCCCN=C(NN)Nc1ccccc1CCOC. The van der Waals surface area contributed by atoms with Crippen LogP contribution in [0, 0.1) is 0 Å². The normalized spacial score (nSPS) is 11.4. The minimum atomic E-state index is 0.596. The highest BCUT2D eigenvalue weighted by atomic mass is 16.5. The number of nitrogens with one attached hydrogen (secondary N) is 2. The van der Waals surface area contributed by atoms with Gasteiger partial charge in [-0.25, -0.2) is 5.84 Å². The summed E-state index contributed by atoms with van der Waals surface area (Å²) >= 11 is 0. The molecule has 0 aliphatic carbocycles. The highest BCUT2D eigenvalue weighted by molar-refractivity contribution is 5.93. The van der Waals surface area contributed by atoms with Crippen LogP contribution in [0.15, 0.2) is 29.3 Å². The summed E-state index contributed by atoms with van der Waals surface area (Å²) in [6.07, 6.45) is 3.02. The molecule has 0 amide bonds. The van der Waals surface area contributed by atoms with Gasteiger partial charge in [0.2, 0.25) is 5.96 Å². The molecule has 0 atom stereocenters. The van der Waals surface area contributed by atoms with E-state index in [-0.39, 0.29) is 0 Å². The quantitative estimate of drug-likeness (QED) is 0.231. The number of methoxy groups -OCH3 is 1. The largest absolute Gasteiger partial charge is 0.384 e. The average molecular weight is 264 g/mol. The third kappa shape index (κ3) is 5.72. The predicted octanol–water partition coefficient (Wildman–Crippen LogP) is 1.91. The van der Waals surface area contributed by atoms with Crippen LogP contribution < -0.4 is 16.6 Å². The van der Waals surface area contributed by atoms with Crippen molar-refractivity contribution in [2.45, 2.75) is 26.2 Å². The zero-order valence-electron chi connectivity index (χ0n) is 11.8. The van der Waals surface area contributed by atoms with Crippen molar-refractivity contribution in [1.82, 2.24) is 5.43 Å². The van der Waals surface area contributed by atoms with Crippen molar-refractivity contribution in [2.75, 3.05) is 25.6 Å². The second-order valence-electron chi connectivity index (χ2n) is 4.25. The monoisotopic (exact) mass is 264 g/mol. The Labute approximate surface area is 115 Å². The molecule has 0 heterocycles. The number of ether oxygens (including phenoxy) is 1. The number of hydrazine groups is 1. The molecule has 0 aliphatic rings. The zero-order valence-corrected chi connectivity index (χ0v) is 11.8. The lowest BCUT2D eigenvalue weighted by atomic mass is 10.1. The lowest BCUT2D eigenvalue weighted by Crippen LogP contribution is -2.36. The van der Waals surface area contributed by atoms with Gasteiger partial charge in [-0.1, -0.05) is 31.5 Å². The van der Waals surface area contributed by atoms with Gasteiger partial charge in [-0.2, -0.15) is 0 Å². The summed E-state index contributed by atoms with van der Waals surface area (Å²) in [4.78, 5) is 4.39. The van der Waals surface area contributed by atoms with Gasteiger partial charge in [-0.05, 0) is 24.5 Å². The van der Waals surface area contributed by atoms with E-state index >= 15 is 0 Å². The van der Waals surface area contributed by atoms with Gasteiger partial charge in [0.05, 0.1) is 6.61 Å². The number of guanidine groups is 1. The first-order valence-corrected chi connectivity index (χ1v) is 6.66. The molecule has 0 radical (unpaired) electrons. The van der Waals surface area contributed by atoms with Crippen molar-refractivity contribution in [1.29, 1.82) is 0 Å². The molecule has 5 heteroatoms. The summed E-state index contributed by atoms with van der Waals surface area (Å²) in [5.41, 5.74) is 4.79. The number of nitrogens with zero attached hydrogens (tertiary/aromatic N) is 1. The number of aliphatic imine (C=N–C) groups is 1. The number of benzene rings is 1. The van der Waals surface area contributed by atoms with Gasteiger partial charge in [0, 0.05) is 19.3 Å². The first kappa shape index (κ1) is 15.5. The van der Waals surface area contributed by atoms with Crippen LogP contribution in [0.25, 0.3) is 0 Å². The zero-order chi connectivity index (χ0) is 13.9. The van der Waals surface area contributed by atoms with E-state index in [1.807, 2.05) is 18.2 Å². The molecule has 0 fully saturated rings. The average Bonchev–Trinajstić information content (AvgIpc) is 2.45. The first-order valence-electron chi connectivity index (χ1n) is 6.66. The van der Waals surface area contributed by atoms with Crippen LogP contribution in [0.1, 0.15) is 25.3 Å². The molecule has 19 heavy (non-hydrogen) atoms. The Balaban J connectivity index is 2.70. The minimum Gasteiger partial charge on any atom is -0.384 e. The molecule has 0 bridgehead atoms. The summed E-state index contributed by atoms with van der Waals surface area (Å²) < 4.78 is 5.11. The number of para-hydroxylation sites is 1. The molecule has 106 valence electrons.